The summed E-state index contributed by atoms with van der Waals surface area (Å²) in [6.45, 7) is 7.65. The average Bonchev–Trinajstić information content (AvgIpc) is 2.75. The molecule has 2 saturated heterocycles. The van der Waals surface area contributed by atoms with E-state index < -0.39 is 11.0 Å². The van der Waals surface area contributed by atoms with Crippen LogP contribution in [0.1, 0.15) is 44.9 Å². The summed E-state index contributed by atoms with van der Waals surface area (Å²) in [5.41, 5.74) is 8.03. The zero-order chi connectivity index (χ0) is 20.1. The maximum atomic E-state index is 12.8. The molecule has 0 amide bonds. The van der Waals surface area contributed by atoms with Crippen LogP contribution in [0.4, 0.5) is 11.4 Å². The van der Waals surface area contributed by atoms with Gasteiger partial charge in [-0.3, -0.25) is 4.90 Å². The SMILES string of the molecule is Nc1cccc(N2CCN(CC3CCN(S(=O)CC4CCCCC4)CC3)CC2)c1. The minimum Gasteiger partial charge on any atom is -0.399 e. The minimum absolute atomic E-state index is 0.707. The van der Waals surface area contributed by atoms with Crippen molar-refractivity contribution in [3.63, 3.8) is 0 Å². The van der Waals surface area contributed by atoms with Crippen LogP contribution in [0.25, 0.3) is 0 Å². The van der Waals surface area contributed by atoms with E-state index in [0.717, 1.165) is 56.6 Å². The van der Waals surface area contributed by atoms with Crippen LogP contribution in [-0.2, 0) is 11.0 Å². The van der Waals surface area contributed by atoms with Crippen molar-refractivity contribution < 1.29 is 4.21 Å². The number of nitrogens with zero attached hydrogens (tertiary/aromatic N) is 3. The van der Waals surface area contributed by atoms with E-state index >= 15 is 0 Å². The van der Waals surface area contributed by atoms with Crippen LogP contribution in [0, 0.1) is 11.8 Å². The highest BCUT2D eigenvalue weighted by atomic mass is 32.2. The van der Waals surface area contributed by atoms with Gasteiger partial charge in [-0.15, -0.1) is 0 Å². The number of anilines is 2. The molecule has 6 heteroatoms. The van der Waals surface area contributed by atoms with Crippen LogP contribution in [-0.4, -0.2) is 65.0 Å². The van der Waals surface area contributed by atoms with Crippen molar-refractivity contribution in [3.05, 3.63) is 24.3 Å². The lowest BCUT2D eigenvalue weighted by Crippen LogP contribution is -2.49. The fraction of sp³-hybridized carbons (Fsp3) is 0.739. The van der Waals surface area contributed by atoms with Crippen molar-refractivity contribution in [2.45, 2.75) is 44.9 Å². The highest BCUT2D eigenvalue weighted by Gasteiger charge is 2.27. The molecule has 162 valence electrons. The molecule has 1 aromatic carbocycles. The van der Waals surface area contributed by atoms with Gasteiger partial charge in [-0.25, -0.2) is 8.51 Å². The topological polar surface area (TPSA) is 52.8 Å². The normalized spacial score (nSPS) is 24.6. The third-order valence-electron chi connectivity index (χ3n) is 7.09. The number of piperidine rings is 1. The van der Waals surface area contributed by atoms with Crippen LogP contribution in [0.15, 0.2) is 24.3 Å². The van der Waals surface area contributed by atoms with E-state index in [4.69, 9.17) is 5.73 Å². The minimum atomic E-state index is -0.751. The summed E-state index contributed by atoms with van der Waals surface area (Å²) in [4.78, 5) is 5.08. The van der Waals surface area contributed by atoms with Gasteiger partial charge < -0.3 is 10.6 Å². The lowest BCUT2D eigenvalue weighted by Gasteiger charge is -2.39. The number of rotatable bonds is 6. The van der Waals surface area contributed by atoms with Crippen LogP contribution >= 0.6 is 0 Å². The van der Waals surface area contributed by atoms with Crippen molar-refractivity contribution in [2.75, 3.05) is 62.2 Å². The van der Waals surface area contributed by atoms with Crippen molar-refractivity contribution in [1.82, 2.24) is 9.21 Å². The molecule has 1 aliphatic carbocycles. The molecule has 2 aliphatic heterocycles. The molecule has 1 atom stereocenters. The first kappa shape index (κ1) is 21.1. The van der Waals surface area contributed by atoms with Gasteiger partial charge in [0.25, 0.3) is 0 Å². The summed E-state index contributed by atoms with van der Waals surface area (Å²) in [7, 11) is -0.751. The Bertz CT molecular complexity index is 663. The molecule has 5 nitrogen and oxygen atoms in total. The lowest BCUT2D eigenvalue weighted by atomic mass is 9.91. The van der Waals surface area contributed by atoms with Gasteiger partial charge in [0, 0.05) is 62.9 Å². The van der Waals surface area contributed by atoms with Gasteiger partial charge in [-0.1, -0.05) is 25.3 Å². The zero-order valence-corrected chi connectivity index (χ0v) is 18.6. The van der Waals surface area contributed by atoms with Crippen LogP contribution < -0.4 is 10.6 Å². The van der Waals surface area contributed by atoms with Crippen molar-refractivity contribution in [2.24, 2.45) is 11.8 Å². The molecule has 1 aromatic rings. The average molecular weight is 419 g/mol. The van der Waals surface area contributed by atoms with Gasteiger partial charge in [0.2, 0.25) is 0 Å². The van der Waals surface area contributed by atoms with E-state index in [0.29, 0.717) is 5.92 Å². The Kier molecular flexibility index (Phi) is 7.49. The van der Waals surface area contributed by atoms with Crippen LogP contribution in [0.2, 0.25) is 0 Å². The second kappa shape index (κ2) is 10.3. The first-order chi connectivity index (χ1) is 14.2. The van der Waals surface area contributed by atoms with E-state index in [1.165, 1.54) is 57.2 Å². The highest BCUT2D eigenvalue weighted by molar-refractivity contribution is 7.82. The quantitative estimate of drug-likeness (QED) is 0.720. The second-order valence-corrected chi connectivity index (χ2v) is 10.7. The lowest BCUT2D eigenvalue weighted by molar-refractivity contribution is 0.177. The first-order valence-corrected chi connectivity index (χ1v) is 12.9. The number of nitrogen functional groups attached to an aromatic ring is 1. The summed E-state index contributed by atoms with van der Waals surface area (Å²) >= 11 is 0. The van der Waals surface area contributed by atoms with E-state index in [1.54, 1.807) is 0 Å². The molecule has 0 spiro atoms. The largest absolute Gasteiger partial charge is 0.399 e. The van der Waals surface area contributed by atoms with Gasteiger partial charge in [0.05, 0.1) is 11.0 Å². The van der Waals surface area contributed by atoms with Gasteiger partial charge in [-0.05, 0) is 55.7 Å². The van der Waals surface area contributed by atoms with Gasteiger partial charge in [0.15, 0.2) is 0 Å². The molecule has 3 aliphatic rings. The predicted octanol–water partition coefficient (Wildman–Crippen LogP) is 3.35. The van der Waals surface area contributed by atoms with Gasteiger partial charge in [0.1, 0.15) is 0 Å². The highest BCUT2D eigenvalue weighted by Crippen LogP contribution is 2.27. The summed E-state index contributed by atoms with van der Waals surface area (Å²) in [6.07, 6.45) is 9.05. The number of piperazine rings is 1. The molecule has 3 fully saturated rings. The fourth-order valence-electron chi connectivity index (χ4n) is 5.23. The van der Waals surface area contributed by atoms with Crippen molar-refractivity contribution >= 4 is 22.4 Å². The number of hydrogen-bond acceptors (Lipinski definition) is 4. The summed E-state index contributed by atoms with van der Waals surface area (Å²) < 4.78 is 15.0. The number of nitrogens with two attached hydrogens (primary N) is 1. The second-order valence-electron chi connectivity index (χ2n) is 9.25. The Morgan fingerprint density at radius 3 is 2.31 bits per heavy atom. The van der Waals surface area contributed by atoms with Crippen LogP contribution in [0.5, 0.6) is 0 Å². The van der Waals surface area contributed by atoms with E-state index in [1.807, 2.05) is 12.1 Å². The summed E-state index contributed by atoms with van der Waals surface area (Å²) in [5, 5.41) is 0. The molecule has 2 heterocycles. The third kappa shape index (κ3) is 5.96. The van der Waals surface area contributed by atoms with Crippen molar-refractivity contribution in [1.29, 1.82) is 0 Å². The maximum Gasteiger partial charge on any atom is 0.0945 e. The van der Waals surface area contributed by atoms with Crippen LogP contribution in [0.3, 0.4) is 0 Å². The smallest absolute Gasteiger partial charge is 0.0945 e. The molecule has 0 radical (unpaired) electrons. The third-order valence-corrected chi connectivity index (χ3v) is 8.79. The standard InChI is InChI=1S/C23H38N4OS/c24-22-7-4-8-23(17-22)26-15-13-25(14-16-26)18-20-9-11-27(12-10-20)29(28)19-21-5-2-1-3-6-21/h4,7-8,17,20-21H,1-3,5-6,9-16,18-19,24H2. The van der Waals surface area contributed by atoms with Crippen molar-refractivity contribution in [3.8, 4) is 0 Å². The molecular formula is C23H38N4OS. The molecule has 4 rings (SSSR count). The zero-order valence-electron chi connectivity index (χ0n) is 17.8. The first-order valence-electron chi connectivity index (χ1n) is 11.6. The number of hydrogen-bond donors (Lipinski definition) is 1. The van der Waals surface area contributed by atoms with E-state index in [9.17, 15) is 4.21 Å². The Balaban J connectivity index is 1.16. The van der Waals surface area contributed by atoms with Gasteiger partial charge in [-0.2, -0.15) is 0 Å². The molecule has 1 unspecified atom stereocenters. The molecule has 1 saturated carbocycles. The Hall–Kier alpha value is -1.11. The fourth-order valence-corrected chi connectivity index (χ4v) is 6.80. The molecular weight excluding hydrogens is 380 g/mol. The summed E-state index contributed by atoms with van der Waals surface area (Å²) in [5.74, 6) is 2.38. The Labute approximate surface area is 179 Å². The summed E-state index contributed by atoms with van der Waals surface area (Å²) in [6, 6.07) is 8.24. The Morgan fingerprint density at radius 2 is 1.62 bits per heavy atom. The number of benzene rings is 1. The molecule has 2 N–H and O–H groups in total. The Morgan fingerprint density at radius 1 is 0.897 bits per heavy atom. The predicted molar refractivity (Wildman–Crippen MR) is 123 cm³/mol. The van der Waals surface area contributed by atoms with E-state index in [2.05, 4.69) is 26.2 Å². The monoisotopic (exact) mass is 418 g/mol. The maximum absolute atomic E-state index is 12.8. The van der Waals surface area contributed by atoms with Gasteiger partial charge >= 0.3 is 0 Å². The molecule has 0 aromatic heterocycles. The molecule has 0 bridgehead atoms. The molecule has 29 heavy (non-hydrogen) atoms. The van der Waals surface area contributed by atoms with E-state index in [-0.39, 0.29) is 0 Å².